The van der Waals surface area contributed by atoms with Gasteiger partial charge in [-0.15, -0.1) is 0 Å². The summed E-state index contributed by atoms with van der Waals surface area (Å²) in [6.07, 6.45) is 0.738. The van der Waals surface area contributed by atoms with Crippen molar-refractivity contribution >= 4 is 22.2 Å². The molecule has 0 bridgehead atoms. The van der Waals surface area contributed by atoms with Crippen molar-refractivity contribution in [1.82, 2.24) is 0 Å². The lowest BCUT2D eigenvalue weighted by Gasteiger charge is -2.11. The minimum Gasteiger partial charge on any atom is -0.456 e. The van der Waals surface area contributed by atoms with Gasteiger partial charge in [-0.05, 0) is 24.3 Å². The number of benzene rings is 2. The Morgan fingerprint density at radius 1 is 1.17 bits per heavy atom. The summed E-state index contributed by atoms with van der Waals surface area (Å²) in [6.45, 7) is -0.108. The fourth-order valence-corrected chi connectivity index (χ4v) is 1.94. The van der Waals surface area contributed by atoms with Crippen molar-refractivity contribution in [1.29, 1.82) is 0 Å². The first-order valence-corrected chi connectivity index (χ1v) is 6.15. The number of aldehydes is 1. The normalized spacial score (nSPS) is 10.1. The molecule has 0 saturated carbocycles. The number of aliphatic hydroxyl groups excluding tert-OH is 1. The molecule has 2 aromatic rings. The molecule has 0 aliphatic heterocycles. The molecule has 0 heterocycles. The summed E-state index contributed by atoms with van der Waals surface area (Å²) in [4.78, 5) is 11.0. The molecule has 0 atom stereocenters. The predicted octanol–water partition coefficient (Wildman–Crippen LogP) is 3.55. The molecule has 1 N–H and O–H groups in total. The number of carbonyl (C=O) groups excluding carboxylic acids is 1. The summed E-state index contributed by atoms with van der Waals surface area (Å²) >= 11 is 3.30. The molecular formula is C14H11BrO3. The molecular weight excluding hydrogens is 296 g/mol. The predicted molar refractivity (Wildman–Crippen MR) is 72.0 cm³/mol. The van der Waals surface area contributed by atoms with Crippen molar-refractivity contribution in [2.24, 2.45) is 0 Å². The van der Waals surface area contributed by atoms with Crippen LogP contribution in [0.25, 0.3) is 0 Å². The SMILES string of the molecule is O=Cc1cc(Br)ccc1Oc1ccccc1CO. The molecule has 0 saturated heterocycles. The number of carbonyl (C=O) groups is 1. The van der Waals surface area contributed by atoms with Crippen molar-refractivity contribution in [3.05, 3.63) is 58.1 Å². The van der Waals surface area contributed by atoms with Crippen molar-refractivity contribution in [2.75, 3.05) is 0 Å². The summed E-state index contributed by atoms with van der Waals surface area (Å²) in [7, 11) is 0. The summed E-state index contributed by atoms with van der Waals surface area (Å²) in [5.41, 5.74) is 1.13. The van der Waals surface area contributed by atoms with Gasteiger partial charge in [-0.25, -0.2) is 0 Å². The molecule has 2 rings (SSSR count). The van der Waals surface area contributed by atoms with Gasteiger partial charge in [0.15, 0.2) is 6.29 Å². The van der Waals surface area contributed by atoms with Gasteiger partial charge in [-0.3, -0.25) is 4.79 Å². The number of ether oxygens (including phenoxy) is 1. The highest BCUT2D eigenvalue weighted by Crippen LogP contribution is 2.29. The lowest BCUT2D eigenvalue weighted by Crippen LogP contribution is -1.94. The lowest BCUT2D eigenvalue weighted by atomic mass is 10.2. The third kappa shape index (κ3) is 2.78. The minimum absolute atomic E-state index is 0.108. The Balaban J connectivity index is 2.36. The summed E-state index contributed by atoms with van der Waals surface area (Å²) in [5, 5.41) is 9.21. The van der Waals surface area contributed by atoms with E-state index in [-0.39, 0.29) is 6.61 Å². The average molecular weight is 307 g/mol. The molecule has 0 aliphatic rings. The number of para-hydroxylation sites is 1. The Morgan fingerprint density at radius 2 is 1.94 bits per heavy atom. The van der Waals surface area contributed by atoms with Gasteiger partial charge in [0.05, 0.1) is 12.2 Å². The summed E-state index contributed by atoms with van der Waals surface area (Å²) < 4.78 is 6.48. The fourth-order valence-electron chi connectivity index (χ4n) is 1.56. The number of hydrogen-bond acceptors (Lipinski definition) is 3. The molecule has 0 fully saturated rings. The third-order valence-corrected chi connectivity index (χ3v) is 2.95. The van der Waals surface area contributed by atoms with Crippen LogP contribution < -0.4 is 4.74 Å². The Kier molecular flexibility index (Phi) is 4.12. The largest absolute Gasteiger partial charge is 0.456 e. The second-order valence-corrected chi connectivity index (χ2v) is 4.58. The Morgan fingerprint density at radius 3 is 2.67 bits per heavy atom. The molecule has 18 heavy (non-hydrogen) atoms. The van der Waals surface area contributed by atoms with E-state index in [4.69, 9.17) is 4.74 Å². The Labute approximate surface area is 113 Å². The van der Waals surface area contributed by atoms with E-state index < -0.39 is 0 Å². The van der Waals surface area contributed by atoms with Crippen molar-refractivity contribution in [3.63, 3.8) is 0 Å². The molecule has 4 heteroatoms. The molecule has 0 aliphatic carbocycles. The maximum Gasteiger partial charge on any atom is 0.153 e. The average Bonchev–Trinajstić information content (AvgIpc) is 2.41. The quantitative estimate of drug-likeness (QED) is 0.879. The minimum atomic E-state index is -0.108. The monoisotopic (exact) mass is 306 g/mol. The number of halogens is 1. The molecule has 0 radical (unpaired) electrons. The van der Waals surface area contributed by atoms with Crippen LogP contribution >= 0.6 is 15.9 Å². The van der Waals surface area contributed by atoms with E-state index in [1.54, 1.807) is 30.3 Å². The van der Waals surface area contributed by atoms with Crippen LogP contribution in [0.1, 0.15) is 15.9 Å². The molecule has 2 aromatic carbocycles. The van der Waals surface area contributed by atoms with Gasteiger partial charge in [0.25, 0.3) is 0 Å². The van der Waals surface area contributed by atoms with Gasteiger partial charge in [0, 0.05) is 10.0 Å². The molecule has 0 spiro atoms. The highest BCUT2D eigenvalue weighted by Gasteiger charge is 2.07. The van der Waals surface area contributed by atoms with Crippen molar-refractivity contribution in [3.8, 4) is 11.5 Å². The second kappa shape index (κ2) is 5.80. The maximum absolute atomic E-state index is 11.0. The smallest absolute Gasteiger partial charge is 0.153 e. The first kappa shape index (κ1) is 12.8. The topological polar surface area (TPSA) is 46.5 Å². The molecule has 92 valence electrons. The summed E-state index contributed by atoms with van der Waals surface area (Å²) in [6, 6.07) is 12.3. The van der Waals surface area contributed by atoms with E-state index in [0.29, 0.717) is 22.6 Å². The van der Waals surface area contributed by atoms with E-state index in [9.17, 15) is 9.90 Å². The highest BCUT2D eigenvalue weighted by molar-refractivity contribution is 9.10. The third-order valence-electron chi connectivity index (χ3n) is 2.46. The van der Waals surface area contributed by atoms with Crippen LogP contribution in [-0.2, 0) is 6.61 Å². The fraction of sp³-hybridized carbons (Fsp3) is 0.0714. The molecule has 0 aromatic heterocycles. The standard InChI is InChI=1S/C14H11BrO3/c15-12-5-6-14(11(7-12)9-17)18-13-4-2-1-3-10(13)8-16/h1-7,9,16H,8H2. The lowest BCUT2D eigenvalue weighted by molar-refractivity contribution is 0.112. The van der Waals surface area contributed by atoms with E-state index in [1.807, 2.05) is 12.1 Å². The van der Waals surface area contributed by atoms with Crippen LogP contribution in [0.4, 0.5) is 0 Å². The van der Waals surface area contributed by atoms with Gasteiger partial charge >= 0.3 is 0 Å². The number of hydrogen-bond donors (Lipinski definition) is 1. The van der Waals surface area contributed by atoms with Crippen LogP contribution in [0.3, 0.4) is 0 Å². The Hall–Kier alpha value is -1.65. The van der Waals surface area contributed by atoms with Gasteiger partial charge in [0.2, 0.25) is 0 Å². The van der Waals surface area contributed by atoms with E-state index in [0.717, 1.165) is 10.8 Å². The van der Waals surface area contributed by atoms with Crippen LogP contribution in [-0.4, -0.2) is 11.4 Å². The van der Waals surface area contributed by atoms with Crippen LogP contribution in [0.5, 0.6) is 11.5 Å². The number of rotatable bonds is 4. The van der Waals surface area contributed by atoms with Crippen molar-refractivity contribution in [2.45, 2.75) is 6.61 Å². The number of aliphatic hydroxyl groups is 1. The van der Waals surface area contributed by atoms with Gasteiger partial charge in [-0.1, -0.05) is 34.1 Å². The molecule has 0 amide bonds. The van der Waals surface area contributed by atoms with Crippen LogP contribution in [0.2, 0.25) is 0 Å². The summed E-state index contributed by atoms with van der Waals surface area (Å²) in [5.74, 6) is 1.01. The van der Waals surface area contributed by atoms with E-state index in [1.165, 1.54) is 0 Å². The first-order chi connectivity index (χ1) is 8.74. The van der Waals surface area contributed by atoms with Crippen LogP contribution in [0, 0.1) is 0 Å². The van der Waals surface area contributed by atoms with Gasteiger partial charge < -0.3 is 9.84 Å². The zero-order chi connectivity index (χ0) is 13.0. The first-order valence-electron chi connectivity index (χ1n) is 5.36. The van der Waals surface area contributed by atoms with Gasteiger partial charge in [0.1, 0.15) is 11.5 Å². The maximum atomic E-state index is 11.0. The second-order valence-electron chi connectivity index (χ2n) is 3.67. The van der Waals surface area contributed by atoms with Crippen molar-refractivity contribution < 1.29 is 14.6 Å². The zero-order valence-electron chi connectivity index (χ0n) is 9.47. The van der Waals surface area contributed by atoms with E-state index >= 15 is 0 Å². The molecule has 0 unspecified atom stereocenters. The highest BCUT2D eigenvalue weighted by atomic mass is 79.9. The van der Waals surface area contributed by atoms with E-state index in [2.05, 4.69) is 15.9 Å². The van der Waals surface area contributed by atoms with Crippen LogP contribution in [0.15, 0.2) is 46.9 Å². The van der Waals surface area contributed by atoms with Gasteiger partial charge in [-0.2, -0.15) is 0 Å². The zero-order valence-corrected chi connectivity index (χ0v) is 11.1. The Bertz CT molecular complexity index is 567. The molecule has 3 nitrogen and oxygen atoms in total.